The Bertz CT molecular complexity index is 1390. The van der Waals surface area contributed by atoms with Crippen LogP contribution in [0.15, 0.2) is 48.7 Å². The van der Waals surface area contributed by atoms with Crippen molar-refractivity contribution in [3.63, 3.8) is 0 Å². The molecular weight excluding hydrogens is 518 g/mol. The maximum atomic E-state index is 13.6. The van der Waals surface area contributed by atoms with E-state index in [9.17, 15) is 19.7 Å². The predicted molar refractivity (Wildman–Crippen MR) is 147 cm³/mol. The highest BCUT2D eigenvalue weighted by atomic mass is 16.6. The number of carbonyl (C=O) groups is 2. The van der Waals surface area contributed by atoms with Crippen molar-refractivity contribution < 1.29 is 28.7 Å². The van der Waals surface area contributed by atoms with Crippen molar-refractivity contribution in [3.8, 4) is 17.2 Å². The smallest absolute Gasteiger partial charge is 0.410 e. The van der Waals surface area contributed by atoms with Crippen LogP contribution in [-0.2, 0) is 4.74 Å². The normalized spacial score (nSPS) is 14.0. The number of nitro benzene ring substituents is 1. The van der Waals surface area contributed by atoms with E-state index in [2.05, 4.69) is 10.4 Å². The van der Waals surface area contributed by atoms with Gasteiger partial charge in [0.15, 0.2) is 0 Å². The maximum absolute atomic E-state index is 13.6. The number of rotatable bonds is 7. The number of non-ortho nitro benzene ring substituents is 1. The minimum Gasteiger partial charge on any atom is -0.497 e. The van der Waals surface area contributed by atoms with E-state index in [4.69, 9.17) is 14.2 Å². The number of anilines is 1. The Balaban J connectivity index is 1.66. The summed E-state index contributed by atoms with van der Waals surface area (Å²) >= 11 is 0. The molecule has 1 fully saturated rings. The Hall–Kier alpha value is -4.61. The molecule has 1 aromatic heterocycles. The number of piperidine rings is 1. The van der Waals surface area contributed by atoms with E-state index in [1.54, 1.807) is 28.8 Å². The van der Waals surface area contributed by atoms with Crippen LogP contribution >= 0.6 is 0 Å². The van der Waals surface area contributed by atoms with Crippen LogP contribution in [-0.4, -0.2) is 64.5 Å². The molecule has 12 heteroatoms. The van der Waals surface area contributed by atoms with Gasteiger partial charge in [0.1, 0.15) is 17.1 Å². The molecule has 0 unspecified atom stereocenters. The average Bonchev–Trinajstić information content (AvgIpc) is 3.37. The highest BCUT2D eigenvalue weighted by molar-refractivity contribution is 6.06. The summed E-state index contributed by atoms with van der Waals surface area (Å²) in [6, 6.07) is 11.3. The molecule has 1 saturated heterocycles. The van der Waals surface area contributed by atoms with Gasteiger partial charge in [-0.1, -0.05) is 0 Å². The van der Waals surface area contributed by atoms with E-state index in [0.29, 0.717) is 42.9 Å². The maximum Gasteiger partial charge on any atom is 0.410 e. The Morgan fingerprint density at radius 1 is 1.05 bits per heavy atom. The quantitative estimate of drug-likeness (QED) is 0.314. The molecule has 0 bridgehead atoms. The molecule has 0 saturated carbocycles. The van der Waals surface area contributed by atoms with Gasteiger partial charge in [0.25, 0.3) is 11.6 Å². The summed E-state index contributed by atoms with van der Waals surface area (Å²) in [7, 11) is 3.00. The van der Waals surface area contributed by atoms with Gasteiger partial charge in [0, 0.05) is 31.1 Å². The molecule has 2 aromatic carbocycles. The van der Waals surface area contributed by atoms with Crippen LogP contribution < -0.4 is 14.8 Å². The molecule has 1 aliphatic rings. The van der Waals surface area contributed by atoms with Gasteiger partial charge < -0.3 is 24.4 Å². The highest BCUT2D eigenvalue weighted by Gasteiger charge is 2.32. The van der Waals surface area contributed by atoms with Gasteiger partial charge in [-0.2, -0.15) is 5.10 Å². The zero-order valence-corrected chi connectivity index (χ0v) is 23.2. The fourth-order valence-electron chi connectivity index (χ4n) is 4.61. The first-order valence-electron chi connectivity index (χ1n) is 12.8. The third-order valence-electron chi connectivity index (χ3n) is 6.54. The number of benzene rings is 2. The molecule has 0 aliphatic carbocycles. The molecule has 3 aromatic rings. The molecule has 12 nitrogen and oxygen atoms in total. The lowest BCUT2D eigenvalue weighted by molar-refractivity contribution is -0.384. The number of nitrogens with zero attached hydrogens (tertiary/aromatic N) is 4. The van der Waals surface area contributed by atoms with E-state index in [-0.39, 0.29) is 29.1 Å². The fourth-order valence-corrected chi connectivity index (χ4v) is 4.61. The van der Waals surface area contributed by atoms with E-state index in [0.717, 1.165) is 5.69 Å². The molecule has 2 heterocycles. The third kappa shape index (κ3) is 6.33. The summed E-state index contributed by atoms with van der Waals surface area (Å²) in [6.45, 7) is 6.38. The van der Waals surface area contributed by atoms with Gasteiger partial charge >= 0.3 is 6.09 Å². The van der Waals surface area contributed by atoms with Gasteiger partial charge in [-0.05, 0) is 63.9 Å². The Kier molecular flexibility index (Phi) is 8.26. The summed E-state index contributed by atoms with van der Waals surface area (Å²) in [5, 5.41) is 18.6. The molecule has 1 aliphatic heterocycles. The number of methoxy groups -OCH3 is 2. The molecular formula is C28H33N5O7. The number of aromatic nitrogens is 2. The van der Waals surface area contributed by atoms with Crippen LogP contribution in [0.2, 0.25) is 0 Å². The van der Waals surface area contributed by atoms with E-state index in [1.807, 2.05) is 32.9 Å². The summed E-state index contributed by atoms with van der Waals surface area (Å²) < 4.78 is 17.8. The summed E-state index contributed by atoms with van der Waals surface area (Å²) in [6.07, 6.45) is 2.28. The molecule has 1 N–H and O–H groups in total. The van der Waals surface area contributed by atoms with Crippen molar-refractivity contribution >= 4 is 23.4 Å². The molecule has 0 spiro atoms. The van der Waals surface area contributed by atoms with E-state index in [1.165, 1.54) is 31.5 Å². The zero-order valence-electron chi connectivity index (χ0n) is 23.2. The standard InChI is InChI=1S/C28H33N5O7/c1-28(2,3)40-27(35)31-14-12-18(13-15-31)25-22(17-29-32(25)19-6-9-21(38-4)10-7-19)26(34)30-23-16-20(33(36)37)8-11-24(23)39-5/h6-11,16-18H,12-15H2,1-5H3,(H,30,34). The number of hydrogen-bond donors (Lipinski definition) is 1. The summed E-state index contributed by atoms with van der Waals surface area (Å²) in [5.74, 6) is 0.381. The number of likely N-dealkylation sites (tertiary alicyclic amines) is 1. The fraction of sp³-hybridized carbons (Fsp3) is 0.393. The van der Waals surface area contributed by atoms with Crippen molar-refractivity contribution in [1.82, 2.24) is 14.7 Å². The summed E-state index contributed by atoms with van der Waals surface area (Å²) in [4.78, 5) is 38.7. The summed E-state index contributed by atoms with van der Waals surface area (Å²) in [5.41, 5.74) is 1.12. The van der Waals surface area contributed by atoms with Crippen LogP contribution in [0, 0.1) is 10.1 Å². The molecule has 0 atom stereocenters. The lowest BCUT2D eigenvalue weighted by atomic mass is 9.90. The zero-order chi connectivity index (χ0) is 29.0. The van der Waals surface area contributed by atoms with Crippen molar-refractivity contribution in [3.05, 3.63) is 70.0 Å². The minimum absolute atomic E-state index is 0.101. The van der Waals surface area contributed by atoms with Gasteiger partial charge in [-0.15, -0.1) is 0 Å². The SMILES string of the molecule is COc1ccc(-n2ncc(C(=O)Nc3cc([N+](=O)[O-])ccc3OC)c2C2CCN(C(=O)OC(C)(C)C)CC2)cc1. The van der Waals surface area contributed by atoms with Gasteiger partial charge in [0.2, 0.25) is 0 Å². The lowest BCUT2D eigenvalue weighted by Gasteiger charge is -2.34. The Labute approximate surface area is 232 Å². The molecule has 0 radical (unpaired) electrons. The largest absolute Gasteiger partial charge is 0.497 e. The second-order valence-electron chi connectivity index (χ2n) is 10.4. The first kappa shape index (κ1) is 28.4. The van der Waals surface area contributed by atoms with Crippen LogP contribution in [0.25, 0.3) is 5.69 Å². The topological polar surface area (TPSA) is 138 Å². The molecule has 4 rings (SSSR count). The number of nitro groups is 1. The molecule has 2 amide bonds. The minimum atomic E-state index is -0.597. The number of hydrogen-bond acceptors (Lipinski definition) is 8. The lowest BCUT2D eigenvalue weighted by Crippen LogP contribution is -2.41. The van der Waals surface area contributed by atoms with Gasteiger partial charge in [-0.3, -0.25) is 14.9 Å². The van der Waals surface area contributed by atoms with Gasteiger partial charge in [-0.25, -0.2) is 9.48 Å². The van der Waals surface area contributed by atoms with Gasteiger partial charge in [0.05, 0.1) is 48.0 Å². The van der Waals surface area contributed by atoms with Crippen LogP contribution in [0.5, 0.6) is 11.5 Å². The number of ether oxygens (including phenoxy) is 3. The number of nitrogens with one attached hydrogen (secondary N) is 1. The molecule has 212 valence electrons. The van der Waals surface area contributed by atoms with E-state index < -0.39 is 16.4 Å². The Morgan fingerprint density at radius 3 is 2.30 bits per heavy atom. The number of amides is 2. The molecule has 40 heavy (non-hydrogen) atoms. The third-order valence-corrected chi connectivity index (χ3v) is 6.54. The van der Waals surface area contributed by atoms with Crippen molar-refractivity contribution in [2.45, 2.75) is 45.1 Å². The Morgan fingerprint density at radius 2 is 1.73 bits per heavy atom. The monoisotopic (exact) mass is 551 g/mol. The first-order valence-corrected chi connectivity index (χ1v) is 12.8. The van der Waals surface area contributed by atoms with Crippen LogP contribution in [0.3, 0.4) is 0 Å². The van der Waals surface area contributed by atoms with Crippen LogP contribution in [0.4, 0.5) is 16.2 Å². The van der Waals surface area contributed by atoms with E-state index >= 15 is 0 Å². The van der Waals surface area contributed by atoms with Crippen molar-refractivity contribution in [1.29, 1.82) is 0 Å². The highest BCUT2D eigenvalue weighted by Crippen LogP contribution is 2.35. The second kappa shape index (κ2) is 11.6. The van der Waals surface area contributed by atoms with Crippen LogP contribution in [0.1, 0.15) is 55.6 Å². The van der Waals surface area contributed by atoms with Crippen molar-refractivity contribution in [2.24, 2.45) is 0 Å². The second-order valence-corrected chi connectivity index (χ2v) is 10.4. The van der Waals surface area contributed by atoms with Crippen molar-refractivity contribution in [2.75, 3.05) is 32.6 Å². The average molecular weight is 552 g/mol. The predicted octanol–water partition coefficient (Wildman–Crippen LogP) is 5.16. The number of carbonyl (C=O) groups excluding carboxylic acids is 2. The first-order chi connectivity index (χ1) is 19.0.